The van der Waals surface area contributed by atoms with E-state index in [2.05, 4.69) is 16.9 Å². The standard InChI is InChI=1S/C11H19N3O/c1-4-10(15-3)11-13-8(2)7-9(14-11)5-6-12/h7,10H,4-6,12H2,1-3H3. The van der Waals surface area contributed by atoms with Gasteiger partial charge in [0.15, 0.2) is 5.82 Å². The fourth-order valence-electron chi connectivity index (χ4n) is 1.53. The summed E-state index contributed by atoms with van der Waals surface area (Å²) >= 11 is 0. The van der Waals surface area contributed by atoms with E-state index < -0.39 is 0 Å². The Labute approximate surface area is 90.9 Å². The van der Waals surface area contributed by atoms with Crippen molar-refractivity contribution in [3.05, 3.63) is 23.3 Å². The molecule has 1 atom stereocenters. The Bertz CT molecular complexity index is 311. The van der Waals surface area contributed by atoms with Gasteiger partial charge >= 0.3 is 0 Å². The molecular weight excluding hydrogens is 190 g/mol. The van der Waals surface area contributed by atoms with E-state index in [-0.39, 0.29) is 6.10 Å². The van der Waals surface area contributed by atoms with Crippen LogP contribution in [0, 0.1) is 6.92 Å². The van der Waals surface area contributed by atoms with Gasteiger partial charge in [-0.1, -0.05) is 6.92 Å². The van der Waals surface area contributed by atoms with Crippen molar-refractivity contribution in [1.82, 2.24) is 9.97 Å². The van der Waals surface area contributed by atoms with Crippen LogP contribution in [0.2, 0.25) is 0 Å². The van der Waals surface area contributed by atoms with Gasteiger partial charge in [0.1, 0.15) is 6.10 Å². The molecule has 0 saturated heterocycles. The summed E-state index contributed by atoms with van der Waals surface area (Å²) < 4.78 is 5.32. The average Bonchev–Trinajstić information content (AvgIpc) is 2.19. The van der Waals surface area contributed by atoms with Gasteiger partial charge in [0, 0.05) is 24.9 Å². The second kappa shape index (κ2) is 5.78. The molecule has 1 heterocycles. The highest BCUT2D eigenvalue weighted by Gasteiger charge is 2.12. The highest BCUT2D eigenvalue weighted by Crippen LogP contribution is 2.16. The van der Waals surface area contributed by atoms with Crippen molar-refractivity contribution in [2.75, 3.05) is 13.7 Å². The smallest absolute Gasteiger partial charge is 0.157 e. The molecule has 84 valence electrons. The Morgan fingerprint density at radius 2 is 2.20 bits per heavy atom. The molecule has 0 aliphatic heterocycles. The molecule has 0 spiro atoms. The lowest BCUT2D eigenvalue weighted by Gasteiger charge is -2.13. The van der Waals surface area contributed by atoms with Crippen molar-refractivity contribution in [1.29, 1.82) is 0 Å². The van der Waals surface area contributed by atoms with Crippen molar-refractivity contribution in [3.63, 3.8) is 0 Å². The third kappa shape index (κ3) is 3.25. The van der Waals surface area contributed by atoms with Gasteiger partial charge in [-0.25, -0.2) is 9.97 Å². The van der Waals surface area contributed by atoms with Gasteiger partial charge in [0.2, 0.25) is 0 Å². The topological polar surface area (TPSA) is 61.0 Å². The number of rotatable bonds is 5. The molecule has 4 nitrogen and oxygen atoms in total. The van der Waals surface area contributed by atoms with E-state index in [4.69, 9.17) is 10.5 Å². The second-order valence-electron chi connectivity index (χ2n) is 3.53. The van der Waals surface area contributed by atoms with Gasteiger partial charge in [-0.15, -0.1) is 0 Å². The summed E-state index contributed by atoms with van der Waals surface area (Å²) in [5, 5.41) is 0. The van der Waals surface area contributed by atoms with Crippen LogP contribution in [0.3, 0.4) is 0 Å². The van der Waals surface area contributed by atoms with Crippen molar-refractivity contribution in [2.45, 2.75) is 32.8 Å². The maximum absolute atomic E-state index is 5.51. The first-order valence-corrected chi connectivity index (χ1v) is 5.28. The summed E-state index contributed by atoms with van der Waals surface area (Å²) in [5.41, 5.74) is 7.48. The number of ether oxygens (including phenoxy) is 1. The van der Waals surface area contributed by atoms with Gasteiger partial charge in [-0.05, 0) is 26.0 Å². The van der Waals surface area contributed by atoms with E-state index in [0.717, 1.165) is 30.1 Å². The SMILES string of the molecule is CCC(OC)c1nc(C)cc(CCN)n1. The minimum Gasteiger partial charge on any atom is -0.373 e. The molecule has 4 heteroatoms. The molecule has 1 aromatic heterocycles. The summed E-state index contributed by atoms with van der Waals surface area (Å²) in [6.45, 7) is 4.63. The van der Waals surface area contributed by atoms with Gasteiger partial charge in [-0.2, -0.15) is 0 Å². The van der Waals surface area contributed by atoms with Gasteiger partial charge in [-0.3, -0.25) is 0 Å². The summed E-state index contributed by atoms with van der Waals surface area (Å²) in [6.07, 6.45) is 1.65. The molecule has 0 fully saturated rings. The van der Waals surface area contributed by atoms with Crippen LogP contribution in [-0.4, -0.2) is 23.6 Å². The van der Waals surface area contributed by atoms with Crippen LogP contribution in [-0.2, 0) is 11.2 Å². The predicted molar refractivity (Wildman–Crippen MR) is 59.6 cm³/mol. The summed E-state index contributed by atoms with van der Waals surface area (Å²) in [4.78, 5) is 8.83. The number of methoxy groups -OCH3 is 1. The molecule has 1 aromatic rings. The lowest BCUT2D eigenvalue weighted by molar-refractivity contribution is 0.0922. The molecule has 0 aliphatic rings. The monoisotopic (exact) mass is 209 g/mol. The number of hydrogen-bond acceptors (Lipinski definition) is 4. The van der Waals surface area contributed by atoms with Crippen LogP contribution < -0.4 is 5.73 Å². The molecule has 0 aliphatic carbocycles. The molecule has 15 heavy (non-hydrogen) atoms. The number of nitrogens with zero attached hydrogens (tertiary/aromatic N) is 2. The first-order chi connectivity index (χ1) is 7.21. The van der Waals surface area contributed by atoms with E-state index in [9.17, 15) is 0 Å². The molecule has 1 unspecified atom stereocenters. The predicted octanol–water partition coefficient (Wildman–Crippen LogP) is 1.38. The van der Waals surface area contributed by atoms with Crippen LogP contribution in [0.1, 0.15) is 36.7 Å². The van der Waals surface area contributed by atoms with Crippen LogP contribution in [0.5, 0.6) is 0 Å². The van der Waals surface area contributed by atoms with E-state index in [1.165, 1.54) is 0 Å². The normalized spacial score (nSPS) is 12.8. The quantitative estimate of drug-likeness (QED) is 0.796. The van der Waals surface area contributed by atoms with Crippen molar-refractivity contribution in [2.24, 2.45) is 5.73 Å². The number of hydrogen-bond donors (Lipinski definition) is 1. The van der Waals surface area contributed by atoms with E-state index >= 15 is 0 Å². The van der Waals surface area contributed by atoms with Crippen molar-refractivity contribution in [3.8, 4) is 0 Å². The van der Waals surface area contributed by atoms with Crippen LogP contribution >= 0.6 is 0 Å². The number of aromatic nitrogens is 2. The first-order valence-electron chi connectivity index (χ1n) is 5.28. The highest BCUT2D eigenvalue weighted by atomic mass is 16.5. The molecule has 0 amide bonds. The first kappa shape index (κ1) is 12.1. The van der Waals surface area contributed by atoms with Crippen LogP contribution in [0.25, 0.3) is 0 Å². The minimum atomic E-state index is -0.0126. The highest BCUT2D eigenvalue weighted by molar-refractivity contribution is 5.11. The molecular formula is C11H19N3O. The summed E-state index contributed by atoms with van der Waals surface area (Å²) in [7, 11) is 1.68. The summed E-state index contributed by atoms with van der Waals surface area (Å²) in [5.74, 6) is 0.767. The lowest BCUT2D eigenvalue weighted by Crippen LogP contribution is -2.11. The molecule has 0 aromatic carbocycles. The number of aryl methyl sites for hydroxylation is 1. The Morgan fingerprint density at radius 1 is 1.47 bits per heavy atom. The maximum atomic E-state index is 5.51. The second-order valence-corrected chi connectivity index (χ2v) is 3.53. The zero-order chi connectivity index (χ0) is 11.3. The van der Waals surface area contributed by atoms with Gasteiger partial charge < -0.3 is 10.5 Å². The van der Waals surface area contributed by atoms with Crippen molar-refractivity contribution < 1.29 is 4.74 Å². The van der Waals surface area contributed by atoms with E-state index in [0.29, 0.717) is 6.54 Å². The minimum absolute atomic E-state index is 0.0126. The zero-order valence-corrected chi connectivity index (χ0v) is 9.66. The van der Waals surface area contributed by atoms with E-state index in [1.807, 2.05) is 13.0 Å². The van der Waals surface area contributed by atoms with Crippen LogP contribution in [0.15, 0.2) is 6.07 Å². The average molecular weight is 209 g/mol. The Kier molecular flexibility index (Phi) is 4.65. The Hall–Kier alpha value is -1.00. The fraction of sp³-hybridized carbons (Fsp3) is 0.636. The van der Waals surface area contributed by atoms with E-state index in [1.54, 1.807) is 7.11 Å². The molecule has 2 N–H and O–H groups in total. The van der Waals surface area contributed by atoms with Crippen molar-refractivity contribution >= 4 is 0 Å². The summed E-state index contributed by atoms with van der Waals surface area (Å²) in [6, 6.07) is 1.97. The Morgan fingerprint density at radius 3 is 2.73 bits per heavy atom. The lowest BCUT2D eigenvalue weighted by atomic mass is 10.2. The molecule has 0 saturated carbocycles. The maximum Gasteiger partial charge on any atom is 0.157 e. The largest absolute Gasteiger partial charge is 0.373 e. The zero-order valence-electron chi connectivity index (χ0n) is 9.66. The fourth-order valence-corrected chi connectivity index (χ4v) is 1.53. The number of nitrogens with two attached hydrogens (primary N) is 1. The van der Waals surface area contributed by atoms with Gasteiger partial charge in [0.05, 0.1) is 0 Å². The molecule has 1 rings (SSSR count). The third-order valence-corrected chi connectivity index (χ3v) is 2.27. The van der Waals surface area contributed by atoms with Gasteiger partial charge in [0.25, 0.3) is 0 Å². The Balaban J connectivity index is 2.96. The van der Waals surface area contributed by atoms with Crippen LogP contribution in [0.4, 0.5) is 0 Å². The molecule has 0 bridgehead atoms. The molecule has 0 radical (unpaired) electrons. The third-order valence-electron chi connectivity index (χ3n) is 2.27.